The Hall–Kier alpha value is -4.11. The van der Waals surface area contributed by atoms with Gasteiger partial charge in [0.25, 0.3) is 5.91 Å². The van der Waals surface area contributed by atoms with Crippen molar-refractivity contribution in [3.63, 3.8) is 0 Å². The molecule has 0 aliphatic heterocycles. The lowest BCUT2D eigenvalue weighted by Gasteiger charge is -2.06. The number of aryl methyl sites for hydroxylation is 2. The van der Waals surface area contributed by atoms with Gasteiger partial charge in [0, 0.05) is 17.3 Å². The third kappa shape index (κ3) is 4.42. The summed E-state index contributed by atoms with van der Waals surface area (Å²) in [6.07, 6.45) is 1.35. The highest BCUT2D eigenvalue weighted by molar-refractivity contribution is 6.09. The maximum absolute atomic E-state index is 12.4. The van der Waals surface area contributed by atoms with Crippen LogP contribution in [-0.2, 0) is 4.79 Å². The van der Waals surface area contributed by atoms with Crippen molar-refractivity contribution in [3.8, 4) is 17.4 Å². The molecule has 29 heavy (non-hydrogen) atoms. The normalized spacial score (nSPS) is 11.0. The number of amides is 1. The summed E-state index contributed by atoms with van der Waals surface area (Å²) in [7, 11) is 0. The minimum absolute atomic E-state index is 0.107. The van der Waals surface area contributed by atoms with Gasteiger partial charge in [-0.2, -0.15) is 5.26 Å². The maximum atomic E-state index is 12.4. The highest BCUT2D eigenvalue weighted by Crippen LogP contribution is 2.26. The number of benzene rings is 2. The number of rotatable bonds is 5. The van der Waals surface area contributed by atoms with Crippen LogP contribution in [0.15, 0.2) is 64.6 Å². The summed E-state index contributed by atoms with van der Waals surface area (Å²) >= 11 is 0. The van der Waals surface area contributed by atoms with Crippen LogP contribution in [0.2, 0.25) is 0 Å². The Morgan fingerprint density at radius 3 is 2.52 bits per heavy atom. The molecule has 1 aromatic heterocycles. The van der Waals surface area contributed by atoms with Gasteiger partial charge in [0.15, 0.2) is 0 Å². The first-order valence-corrected chi connectivity index (χ1v) is 8.82. The summed E-state index contributed by atoms with van der Waals surface area (Å²) in [6, 6.07) is 17.4. The quantitative estimate of drug-likeness (QED) is 0.484. The first-order valence-electron chi connectivity index (χ1n) is 8.82. The Morgan fingerprint density at radius 1 is 1.07 bits per heavy atom. The molecule has 0 bridgehead atoms. The van der Waals surface area contributed by atoms with E-state index in [9.17, 15) is 20.0 Å². The SMILES string of the molecule is Cc1ccccc1NC(=O)/C(C#N)=C\c1ccc(-c2ccc(C)c(C(=O)O)c2)o1. The second kappa shape index (κ2) is 8.28. The van der Waals surface area contributed by atoms with E-state index >= 15 is 0 Å². The highest BCUT2D eigenvalue weighted by Gasteiger charge is 2.14. The molecule has 144 valence electrons. The molecule has 6 heteroatoms. The lowest BCUT2D eigenvalue weighted by atomic mass is 10.0. The first kappa shape index (κ1) is 19.6. The van der Waals surface area contributed by atoms with Gasteiger partial charge in [-0.25, -0.2) is 4.79 Å². The number of carboxylic acid groups (broad SMARTS) is 1. The van der Waals surface area contributed by atoms with Crippen molar-refractivity contribution in [2.24, 2.45) is 0 Å². The van der Waals surface area contributed by atoms with Crippen LogP contribution in [0, 0.1) is 25.2 Å². The number of carboxylic acids is 1. The van der Waals surface area contributed by atoms with Crippen LogP contribution in [0.4, 0.5) is 5.69 Å². The van der Waals surface area contributed by atoms with Crippen LogP contribution in [-0.4, -0.2) is 17.0 Å². The van der Waals surface area contributed by atoms with Crippen molar-refractivity contribution in [2.45, 2.75) is 13.8 Å². The Labute approximate surface area is 167 Å². The van der Waals surface area contributed by atoms with Crippen LogP contribution in [0.25, 0.3) is 17.4 Å². The van der Waals surface area contributed by atoms with E-state index in [1.54, 1.807) is 43.3 Å². The largest absolute Gasteiger partial charge is 0.478 e. The summed E-state index contributed by atoms with van der Waals surface area (Å²) in [5.74, 6) is -0.803. The maximum Gasteiger partial charge on any atom is 0.335 e. The van der Waals surface area contributed by atoms with E-state index in [0.717, 1.165) is 5.56 Å². The van der Waals surface area contributed by atoms with Crippen LogP contribution in [0.5, 0.6) is 0 Å². The fraction of sp³-hybridized carbons (Fsp3) is 0.0870. The number of aromatic carboxylic acids is 1. The van der Waals surface area contributed by atoms with E-state index in [1.807, 2.05) is 25.1 Å². The molecule has 0 saturated heterocycles. The number of nitrogens with one attached hydrogen (secondary N) is 1. The molecule has 0 saturated carbocycles. The Bertz CT molecular complexity index is 1170. The average molecular weight is 386 g/mol. The Morgan fingerprint density at radius 2 is 1.83 bits per heavy atom. The number of para-hydroxylation sites is 1. The molecular formula is C23H18N2O4. The molecule has 0 atom stereocenters. The molecule has 3 aromatic rings. The number of carbonyl (C=O) groups excluding carboxylic acids is 1. The van der Waals surface area contributed by atoms with E-state index < -0.39 is 11.9 Å². The van der Waals surface area contributed by atoms with Crippen LogP contribution in [0.1, 0.15) is 27.2 Å². The predicted molar refractivity (Wildman–Crippen MR) is 109 cm³/mol. The van der Waals surface area contributed by atoms with Gasteiger partial charge in [-0.15, -0.1) is 0 Å². The summed E-state index contributed by atoms with van der Waals surface area (Å²) in [5.41, 5.74) is 2.82. The second-order valence-corrected chi connectivity index (χ2v) is 6.48. The zero-order valence-electron chi connectivity index (χ0n) is 15.9. The third-order valence-corrected chi connectivity index (χ3v) is 4.42. The predicted octanol–water partition coefficient (Wildman–Crippen LogP) is 4.81. The summed E-state index contributed by atoms with van der Waals surface area (Å²) in [6.45, 7) is 3.58. The Balaban J connectivity index is 1.85. The van der Waals surface area contributed by atoms with Crippen molar-refractivity contribution in [1.82, 2.24) is 0 Å². The number of hydrogen-bond donors (Lipinski definition) is 2. The van der Waals surface area contributed by atoms with Gasteiger partial charge in [0.1, 0.15) is 23.2 Å². The fourth-order valence-corrected chi connectivity index (χ4v) is 2.78. The van der Waals surface area contributed by atoms with Gasteiger partial charge in [0.05, 0.1) is 5.56 Å². The zero-order valence-corrected chi connectivity index (χ0v) is 15.9. The van der Waals surface area contributed by atoms with Crippen molar-refractivity contribution in [1.29, 1.82) is 5.26 Å². The van der Waals surface area contributed by atoms with Gasteiger partial charge in [-0.05, 0) is 49.2 Å². The van der Waals surface area contributed by atoms with Gasteiger partial charge in [0.2, 0.25) is 0 Å². The monoisotopic (exact) mass is 386 g/mol. The number of anilines is 1. The molecule has 0 fully saturated rings. The van der Waals surface area contributed by atoms with Crippen LogP contribution in [0.3, 0.4) is 0 Å². The number of nitrogens with zero attached hydrogens (tertiary/aromatic N) is 1. The van der Waals surface area contributed by atoms with E-state index in [-0.39, 0.29) is 11.1 Å². The van der Waals surface area contributed by atoms with Gasteiger partial charge in [-0.1, -0.05) is 30.3 Å². The van der Waals surface area contributed by atoms with Crippen molar-refractivity contribution < 1.29 is 19.1 Å². The number of hydrogen-bond acceptors (Lipinski definition) is 4. The topological polar surface area (TPSA) is 103 Å². The average Bonchev–Trinajstić information content (AvgIpc) is 3.16. The van der Waals surface area contributed by atoms with E-state index in [1.165, 1.54) is 12.1 Å². The van der Waals surface area contributed by atoms with E-state index in [4.69, 9.17) is 4.42 Å². The molecule has 0 unspecified atom stereocenters. The molecule has 2 aromatic carbocycles. The van der Waals surface area contributed by atoms with Crippen LogP contribution >= 0.6 is 0 Å². The van der Waals surface area contributed by atoms with Gasteiger partial charge in [-0.3, -0.25) is 4.79 Å². The fourth-order valence-electron chi connectivity index (χ4n) is 2.78. The molecule has 2 N–H and O–H groups in total. The number of nitriles is 1. The lowest BCUT2D eigenvalue weighted by molar-refractivity contribution is -0.112. The minimum Gasteiger partial charge on any atom is -0.478 e. The Kier molecular flexibility index (Phi) is 5.61. The zero-order chi connectivity index (χ0) is 21.0. The molecule has 0 spiro atoms. The summed E-state index contributed by atoms with van der Waals surface area (Å²) < 4.78 is 5.70. The van der Waals surface area contributed by atoms with Crippen LogP contribution < -0.4 is 5.32 Å². The standard InChI is InChI=1S/C23H18N2O4/c1-14-7-8-16(12-19(14)23(27)28)21-10-9-18(29-21)11-17(13-24)22(26)25-20-6-4-3-5-15(20)2/h3-12H,1-2H3,(H,25,26)(H,27,28)/b17-11-. The number of furan rings is 1. The first-order chi connectivity index (χ1) is 13.9. The van der Waals surface area contributed by atoms with Gasteiger partial charge >= 0.3 is 5.97 Å². The van der Waals surface area contributed by atoms with Crippen molar-refractivity contribution in [3.05, 3.63) is 82.6 Å². The molecule has 1 amide bonds. The summed E-state index contributed by atoms with van der Waals surface area (Å²) in [4.78, 5) is 23.7. The van der Waals surface area contributed by atoms with E-state index in [0.29, 0.717) is 28.3 Å². The molecular weight excluding hydrogens is 368 g/mol. The molecule has 0 radical (unpaired) electrons. The third-order valence-electron chi connectivity index (χ3n) is 4.42. The molecule has 0 aliphatic carbocycles. The molecule has 6 nitrogen and oxygen atoms in total. The second-order valence-electron chi connectivity index (χ2n) is 6.48. The van der Waals surface area contributed by atoms with Crippen molar-refractivity contribution >= 4 is 23.6 Å². The molecule has 1 heterocycles. The molecule has 0 aliphatic rings. The molecule has 3 rings (SSSR count). The smallest absolute Gasteiger partial charge is 0.335 e. The van der Waals surface area contributed by atoms with Gasteiger partial charge < -0.3 is 14.8 Å². The minimum atomic E-state index is -1.02. The lowest BCUT2D eigenvalue weighted by Crippen LogP contribution is -2.14. The van der Waals surface area contributed by atoms with E-state index in [2.05, 4.69) is 5.32 Å². The number of carbonyl (C=O) groups is 2. The highest BCUT2D eigenvalue weighted by atomic mass is 16.4. The van der Waals surface area contributed by atoms with Crippen molar-refractivity contribution in [2.75, 3.05) is 5.32 Å². The summed E-state index contributed by atoms with van der Waals surface area (Å²) in [5, 5.41) is 21.4.